The quantitative estimate of drug-likeness (QED) is 0.847. The molecule has 1 fully saturated rings. The van der Waals surface area contributed by atoms with Gasteiger partial charge in [0, 0.05) is 16.6 Å². The number of amides is 1. The van der Waals surface area contributed by atoms with Crippen LogP contribution in [0.15, 0.2) is 24.3 Å². The minimum Gasteiger partial charge on any atom is -0.353 e. The number of nitrogens with zero attached hydrogens (tertiary/aromatic N) is 1. The molecule has 1 amide bonds. The molecule has 0 saturated heterocycles. The monoisotopic (exact) mass is 354 g/mol. The fraction of sp³-hybridized carbons (Fsp3) is 0.611. The lowest BCUT2D eigenvalue weighted by atomic mass is 9.75. The molecule has 1 aromatic carbocycles. The largest absolute Gasteiger partial charge is 0.353 e. The molecular formula is C18H27ClN2OS. The van der Waals surface area contributed by atoms with Crippen molar-refractivity contribution in [2.75, 3.05) is 26.1 Å². The maximum absolute atomic E-state index is 11.8. The minimum atomic E-state index is 0.158. The number of hydrogen-bond donors (Lipinski definition) is 1. The van der Waals surface area contributed by atoms with Crippen LogP contribution in [0.25, 0.3) is 0 Å². The molecule has 3 nitrogen and oxygen atoms in total. The molecule has 23 heavy (non-hydrogen) atoms. The van der Waals surface area contributed by atoms with E-state index in [9.17, 15) is 4.79 Å². The summed E-state index contributed by atoms with van der Waals surface area (Å²) in [6.07, 6.45) is 7.24. The van der Waals surface area contributed by atoms with Gasteiger partial charge in [0.2, 0.25) is 5.91 Å². The summed E-state index contributed by atoms with van der Waals surface area (Å²) in [6.45, 7) is 0. The Kier molecular flexibility index (Phi) is 6.81. The number of nitrogens with one attached hydrogen (secondary N) is 1. The lowest BCUT2D eigenvalue weighted by molar-refractivity contribution is -0.119. The molecule has 0 heterocycles. The van der Waals surface area contributed by atoms with E-state index in [2.05, 4.69) is 36.4 Å². The molecule has 5 heteroatoms. The molecule has 0 radical (unpaired) electrons. The van der Waals surface area contributed by atoms with E-state index in [-0.39, 0.29) is 11.4 Å². The van der Waals surface area contributed by atoms with Gasteiger partial charge in [-0.25, -0.2) is 0 Å². The molecular weight excluding hydrogens is 328 g/mol. The number of carbonyl (C=O) groups excluding carboxylic acids is 1. The number of rotatable bonds is 6. The summed E-state index contributed by atoms with van der Waals surface area (Å²) >= 11 is 7.71. The maximum atomic E-state index is 11.8. The van der Waals surface area contributed by atoms with E-state index in [0.29, 0.717) is 11.8 Å². The number of carbonyl (C=O) groups is 1. The number of benzene rings is 1. The highest BCUT2D eigenvalue weighted by atomic mass is 35.5. The van der Waals surface area contributed by atoms with Crippen molar-refractivity contribution >= 4 is 29.3 Å². The van der Waals surface area contributed by atoms with Crippen molar-refractivity contribution in [1.82, 2.24) is 10.2 Å². The van der Waals surface area contributed by atoms with Gasteiger partial charge >= 0.3 is 0 Å². The number of hydrogen-bond acceptors (Lipinski definition) is 3. The predicted octanol–water partition coefficient (Wildman–Crippen LogP) is 3.60. The molecule has 1 aromatic rings. The fourth-order valence-electron chi connectivity index (χ4n) is 3.51. The van der Waals surface area contributed by atoms with Gasteiger partial charge in [0.1, 0.15) is 0 Å². The topological polar surface area (TPSA) is 32.3 Å². The third-order valence-corrected chi connectivity index (χ3v) is 5.71. The van der Waals surface area contributed by atoms with Crippen LogP contribution in [0.1, 0.15) is 31.2 Å². The zero-order valence-electron chi connectivity index (χ0n) is 14.3. The zero-order chi connectivity index (χ0) is 16.9. The summed E-state index contributed by atoms with van der Waals surface area (Å²) in [5, 5.41) is 3.97. The van der Waals surface area contributed by atoms with E-state index in [1.165, 1.54) is 5.56 Å². The fourth-order valence-corrected chi connectivity index (χ4v) is 4.07. The minimum absolute atomic E-state index is 0.158. The van der Waals surface area contributed by atoms with E-state index in [4.69, 9.17) is 11.6 Å². The Hall–Kier alpha value is -0.710. The molecule has 0 unspecified atom stereocenters. The van der Waals surface area contributed by atoms with E-state index in [1.807, 2.05) is 18.4 Å². The third-order valence-electron chi connectivity index (χ3n) is 4.93. The SMILES string of the molecule is CSCC(=O)NC1CCC(Cc2cccc(Cl)c2)(N(C)C)CC1. The van der Waals surface area contributed by atoms with Crippen molar-refractivity contribution in [3.8, 4) is 0 Å². The van der Waals surface area contributed by atoms with Gasteiger partial charge in [-0.1, -0.05) is 23.7 Å². The van der Waals surface area contributed by atoms with E-state index < -0.39 is 0 Å². The Morgan fingerprint density at radius 1 is 1.39 bits per heavy atom. The second kappa shape index (κ2) is 8.41. The standard InChI is InChI=1S/C18H27ClN2OS/c1-21(2)18(12-14-5-4-6-15(19)11-14)9-7-16(8-10-18)20-17(22)13-23-3/h4-6,11,16H,7-10,12-13H2,1-3H3,(H,20,22). The summed E-state index contributed by atoms with van der Waals surface area (Å²) in [7, 11) is 4.33. The average Bonchev–Trinajstić information content (AvgIpc) is 2.49. The Morgan fingerprint density at radius 3 is 2.65 bits per heavy atom. The van der Waals surface area contributed by atoms with Crippen molar-refractivity contribution in [1.29, 1.82) is 0 Å². The van der Waals surface area contributed by atoms with Gasteiger partial charge in [0.15, 0.2) is 0 Å². The van der Waals surface area contributed by atoms with Crippen LogP contribution < -0.4 is 5.32 Å². The lowest BCUT2D eigenvalue weighted by Crippen LogP contribution is -2.52. The molecule has 0 aliphatic heterocycles. The van der Waals surface area contributed by atoms with Crippen molar-refractivity contribution in [2.45, 2.75) is 43.7 Å². The lowest BCUT2D eigenvalue weighted by Gasteiger charge is -2.45. The van der Waals surface area contributed by atoms with Crippen molar-refractivity contribution < 1.29 is 4.79 Å². The molecule has 0 spiro atoms. The van der Waals surface area contributed by atoms with Gasteiger partial charge in [-0.3, -0.25) is 4.79 Å². The summed E-state index contributed by atoms with van der Waals surface area (Å²) in [6, 6.07) is 8.49. The smallest absolute Gasteiger partial charge is 0.230 e. The van der Waals surface area contributed by atoms with Gasteiger partial charge < -0.3 is 10.2 Å². The van der Waals surface area contributed by atoms with Crippen LogP contribution in [-0.2, 0) is 11.2 Å². The highest BCUT2D eigenvalue weighted by molar-refractivity contribution is 7.99. The highest BCUT2D eigenvalue weighted by Gasteiger charge is 2.37. The third kappa shape index (κ3) is 5.13. The van der Waals surface area contributed by atoms with Crippen molar-refractivity contribution in [2.24, 2.45) is 0 Å². The Morgan fingerprint density at radius 2 is 2.09 bits per heavy atom. The maximum Gasteiger partial charge on any atom is 0.230 e. The molecule has 0 atom stereocenters. The van der Waals surface area contributed by atoms with Gasteiger partial charge in [-0.2, -0.15) is 11.8 Å². The van der Waals surface area contributed by atoms with Gasteiger partial charge in [-0.05, 0) is 70.2 Å². The molecule has 1 N–H and O–H groups in total. The number of halogens is 1. The zero-order valence-corrected chi connectivity index (χ0v) is 15.8. The van der Waals surface area contributed by atoms with Crippen molar-refractivity contribution in [3.63, 3.8) is 0 Å². The molecule has 0 bridgehead atoms. The molecule has 0 aromatic heterocycles. The van der Waals surface area contributed by atoms with E-state index in [0.717, 1.165) is 37.1 Å². The predicted molar refractivity (Wildman–Crippen MR) is 100 cm³/mol. The Balaban J connectivity index is 1.99. The number of likely N-dealkylation sites (N-methyl/N-ethyl adjacent to an activating group) is 1. The molecule has 2 rings (SSSR count). The molecule has 1 aliphatic carbocycles. The van der Waals surface area contributed by atoms with Crippen molar-refractivity contribution in [3.05, 3.63) is 34.9 Å². The second-order valence-corrected chi connectivity index (χ2v) is 8.00. The van der Waals surface area contributed by atoms with Crippen LogP contribution in [-0.4, -0.2) is 48.5 Å². The van der Waals surface area contributed by atoms with Gasteiger partial charge in [-0.15, -0.1) is 0 Å². The van der Waals surface area contributed by atoms with Gasteiger partial charge in [0.05, 0.1) is 5.75 Å². The Labute approximate surface area is 149 Å². The summed E-state index contributed by atoms with van der Waals surface area (Å²) in [4.78, 5) is 14.1. The van der Waals surface area contributed by atoms with Crippen LogP contribution in [0, 0.1) is 0 Å². The van der Waals surface area contributed by atoms with Crippen LogP contribution in [0.5, 0.6) is 0 Å². The van der Waals surface area contributed by atoms with Gasteiger partial charge in [0.25, 0.3) is 0 Å². The summed E-state index contributed by atoms with van der Waals surface area (Å²) in [5.74, 6) is 0.715. The first-order valence-corrected chi connectivity index (χ1v) is 9.92. The van der Waals surface area contributed by atoms with E-state index >= 15 is 0 Å². The number of thioether (sulfide) groups is 1. The molecule has 1 aliphatic rings. The van der Waals surface area contributed by atoms with Crippen LogP contribution in [0.3, 0.4) is 0 Å². The molecule has 1 saturated carbocycles. The van der Waals surface area contributed by atoms with E-state index in [1.54, 1.807) is 11.8 Å². The molecule has 128 valence electrons. The Bertz CT molecular complexity index is 528. The average molecular weight is 355 g/mol. The normalized spacial score (nSPS) is 24.7. The first-order valence-electron chi connectivity index (χ1n) is 8.15. The second-order valence-electron chi connectivity index (χ2n) is 6.70. The van der Waals surface area contributed by atoms with Crippen LogP contribution >= 0.6 is 23.4 Å². The van der Waals surface area contributed by atoms with Crippen LogP contribution in [0.4, 0.5) is 0 Å². The first-order chi connectivity index (χ1) is 10.9. The highest BCUT2D eigenvalue weighted by Crippen LogP contribution is 2.35. The first kappa shape index (κ1) is 18.6. The summed E-state index contributed by atoms with van der Waals surface area (Å²) < 4.78 is 0. The summed E-state index contributed by atoms with van der Waals surface area (Å²) in [5.41, 5.74) is 1.45. The van der Waals surface area contributed by atoms with Crippen LogP contribution in [0.2, 0.25) is 5.02 Å².